The molecule has 0 bridgehead atoms. The lowest BCUT2D eigenvalue weighted by Crippen LogP contribution is -2.32. The van der Waals surface area contributed by atoms with Crippen molar-refractivity contribution in [1.82, 2.24) is 4.90 Å². The first kappa shape index (κ1) is 23.9. The van der Waals surface area contributed by atoms with Gasteiger partial charge in [0.25, 0.3) is 5.91 Å². The third-order valence-electron chi connectivity index (χ3n) is 7.08. The second-order valence-corrected chi connectivity index (χ2v) is 10.8. The Hall–Kier alpha value is -2.86. The van der Waals surface area contributed by atoms with Gasteiger partial charge in [0, 0.05) is 36.0 Å². The third-order valence-corrected chi connectivity index (χ3v) is 8.42. The van der Waals surface area contributed by atoms with Crippen molar-refractivity contribution in [2.45, 2.75) is 38.5 Å². The number of carbonyl (C=O) groups excluding carboxylic acids is 1. The number of hydrogen-bond acceptors (Lipinski definition) is 4. The van der Waals surface area contributed by atoms with Crippen LogP contribution in [0.25, 0.3) is 5.57 Å². The average Bonchev–Trinajstić information content (AvgIpc) is 3.33. The third kappa shape index (κ3) is 4.94. The second kappa shape index (κ2) is 10.0. The number of amides is 1. The van der Waals surface area contributed by atoms with Gasteiger partial charge >= 0.3 is 0 Å². The molecule has 3 aliphatic heterocycles. The maximum absolute atomic E-state index is 13.7. The van der Waals surface area contributed by atoms with E-state index in [1.54, 1.807) is 17.8 Å². The number of aliphatic imine (C=N–C) groups is 1. The number of benzene rings is 2. The van der Waals surface area contributed by atoms with Crippen molar-refractivity contribution >= 4 is 28.3 Å². The fourth-order valence-corrected chi connectivity index (χ4v) is 6.26. The monoisotopic (exact) mass is 490 g/mol. The fraction of sp³-hybridized carbons (Fsp3) is 0.379. The van der Waals surface area contributed by atoms with Crippen LogP contribution in [0.5, 0.6) is 0 Å². The molecule has 1 saturated heterocycles. The number of rotatable bonds is 4. The number of nitrogens with zero attached hydrogens (tertiary/aromatic N) is 2. The summed E-state index contributed by atoms with van der Waals surface area (Å²) < 4.78 is 19.6. The molecule has 1 amide bonds. The first-order valence-electron chi connectivity index (χ1n) is 12.3. The lowest BCUT2D eigenvalue weighted by Gasteiger charge is -2.27. The summed E-state index contributed by atoms with van der Waals surface area (Å²) in [6.45, 7) is 8.73. The van der Waals surface area contributed by atoms with Crippen LogP contribution in [0.3, 0.4) is 0 Å². The summed E-state index contributed by atoms with van der Waals surface area (Å²) >= 11 is 1.59. The van der Waals surface area contributed by atoms with E-state index >= 15 is 0 Å². The molecule has 0 N–H and O–H groups in total. The van der Waals surface area contributed by atoms with Gasteiger partial charge in [0.1, 0.15) is 18.2 Å². The molecule has 0 saturated carbocycles. The minimum Gasteiger partial charge on any atom is -0.493 e. The van der Waals surface area contributed by atoms with E-state index in [1.807, 2.05) is 43.0 Å². The molecule has 2 aromatic carbocycles. The summed E-state index contributed by atoms with van der Waals surface area (Å²) in [6, 6.07) is 15.1. The number of carbonyl (C=O) groups is 1. The zero-order valence-corrected chi connectivity index (χ0v) is 21.3. The molecule has 0 aromatic heterocycles. The summed E-state index contributed by atoms with van der Waals surface area (Å²) in [5.74, 6) is 1.18. The summed E-state index contributed by atoms with van der Waals surface area (Å²) in [5, 5.41) is 1.07. The molecule has 2 aromatic rings. The average molecular weight is 491 g/mol. The zero-order valence-electron chi connectivity index (χ0n) is 20.5. The first-order valence-corrected chi connectivity index (χ1v) is 13.1. The largest absolute Gasteiger partial charge is 0.493 e. The van der Waals surface area contributed by atoms with E-state index < -0.39 is 0 Å². The highest BCUT2D eigenvalue weighted by molar-refractivity contribution is 8.14. The predicted molar refractivity (Wildman–Crippen MR) is 140 cm³/mol. The first-order chi connectivity index (χ1) is 16.9. The predicted octanol–water partition coefficient (Wildman–Crippen LogP) is 6.13. The Bertz CT molecular complexity index is 1230. The summed E-state index contributed by atoms with van der Waals surface area (Å²) in [7, 11) is 0. The minimum atomic E-state index is -0.203. The summed E-state index contributed by atoms with van der Waals surface area (Å²) in [4.78, 5) is 21.6. The number of halogens is 1. The van der Waals surface area contributed by atoms with Gasteiger partial charge in [0.2, 0.25) is 0 Å². The van der Waals surface area contributed by atoms with E-state index in [-0.39, 0.29) is 11.7 Å². The minimum absolute atomic E-state index is 0.0420. The van der Waals surface area contributed by atoms with Gasteiger partial charge in [-0.3, -0.25) is 9.79 Å². The van der Waals surface area contributed by atoms with Crippen LogP contribution in [0.1, 0.15) is 38.3 Å². The summed E-state index contributed by atoms with van der Waals surface area (Å²) in [6.07, 6.45) is 1.82. The van der Waals surface area contributed by atoms with Crippen LogP contribution in [0.2, 0.25) is 0 Å². The van der Waals surface area contributed by atoms with Gasteiger partial charge in [0.05, 0.1) is 10.6 Å². The van der Waals surface area contributed by atoms with Crippen LogP contribution in [0.15, 0.2) is 75.3 Å². The van der Waals surface area contributed by atoms with Gasteiger partial charge in [-0.25, -0.2) is 4.39 Å². The molecular weight excluding hydrogens is 459 g/mol. The van der Waals surface area contributed by atoms with Crippen molar-refractivity contribution in [2.24, 2.45) is 16.8 Å². The molecule has 0 spiro atoms. The van der Waals surface area contributed by atoms with Gasteiger partial charge in [0.15, 0.2) is 0 Å². The molecule has 1 fully saturated rings. The highest BCUT2D eigenvalue weighted by Crippen LogP contribution is 2.37. The van der Waals surface area contributed by atoms with Crippen molar-refractivity contribution in [1.29, 1.82) is 0 Å². The Morgan fingerprint density at radius 2 is 2.00 bits per heavy atom. The van der Waals surface area contributed by atoms with Crippen LogP contribution < -0.4 is 0 Å². The van der Waals surface area contributed by atoms with Gasteiger partial charge < -0.3 is 9.64 Å². The van der Waals surface area contributed by atoms with Crippen molar-refractivity contribution in [2.75, 3.05) is 26.2 Å². The van der Waals surface area contributed by atoms with Crippen LogP contribution >= 0.6 is 11.8 Å². The molecule has 5 rings (SSSR count). The van der Waals surface area contributed by atoms with Gasteiger partial charge in [-0.2, -0.15) is 0 Å². The van der Waals surface area contributed by atoms with E-state index in [1.165, 1.54) is 11.6 Å². The smallest absolute Gasteiger partial charge is 0.257 e. The molecule has 35 heavy (non-hydrogen) atoms. The lowest BCUT2D eigenvalue weighted by atomic mass is 9.90. The van der Waals surface area contributed by atoms with Crippen molar-refractivity contribution in [3.63, 3.8) is 0 Å². The Labute approximate surface area is 211 Å². The number of likely N-dealkylation sites (tertiary alicyclic amines) is 1. The SMILES string of the molecule is CC1=C(c2ccccc2)C(C(=O)N2CCC(CN=C3Sc4cc(F)ccc4CC3C)C2)=C(C)OC1. The van der Waals surface area contributed by atoms with Crippen molar-refractivity contribution in [3.8, 4) is 0 Å². The second-order valence-electron chi connectivity index (χ2n) is 9.79. The van der Waals surface area contributed by atoms with E-state index in [2.05, 4.69) is 19.1 Å². The van der Waals surface area contributed by atoms with Gasteiger partial charge in [-0.05, 0) is 61.4 Å². The van der Waals surface area contributed by atoms with E-state index in [0.717, 1.165) is 46.0 Å². The molecule has 4 nitrogen and oxygen atoms in total. The van der Waals surface area contributed by atoms with E-state index in [0.29, 0.717) is 42.9 Å². The maximum atomic E-state index is 13.7. The lowest BCUT2D eigenvalue weighted by molar-refractivity contribution is -0.126. The van der Waals surface area contributed by atoms with Crippen LogP contribution in [-0.4, -0.2) is 42.1 Å². The van der Waals surface area contributed by atoms with Crippen LogP contribution in [0.4, 0.5) is 4.39 Å². The standard InChI is InChI=1S/C29H31FN2O2S/c1-18-13-23-9-10-24(30)14-25(23)35-28(18)31-15-21-11-12-32(16-21)29(33)27-20(3)34-17-19(2)26(27)22-7-5-4-6-8-22/h4-10,14,18,21H,11-13,15-17H2,1-3H3. The normalized spacial score (nSPS) is 23.5. The number of fused-ring (bicyclic) bond motifs is 1. The van der Waals surface area contributed by atoms with Gasteiger partial charge in [-0.15, -0.1) is 0 Å². The Morgan fingerprint density at radius 1 is 1.20 bits per heavy atom. The molecule has 2 unspecified atom stereocenters. The quantitative estimate of drug-likeness (QED) is 0.517. The number of hydrogen-bond donors (Lipinski definition) is 0. The molecule has 182 valence electrons. The summed E-state index contributed by atoms with van der Waals surface area (Å²) in [5.41, 5.74) is 5.00. The van der Waals surface area contributed by atoms with Crippen molar-refractivity contribution < 1.29 is 13.9 Å². The molecule has 6 heteroatoms. The molecule has 0 radical (unpaired) electrons. The molecule has 2 atom stereocenters. The Balaban J connectivity index is 1.28. The highest BCUT2D eigenvalue weighted by Gasteiger charge is 2.33. The van der Waals surface area contributed by atoms with Crippen molar-refractivity contribution in [3.05, 3.63) is 82.4 Å². The van der Waals surface area contributed by atoms with E-state index in [4.69, 9.17) is 9.73 Å². The maximum Gasteiger partial charge on any atom is 0.257 e. The van der Waals surface area contributed by atoms with Crippen LogP contribution in [0, 0.1) is 17.7 Å². The van der Waals surface area contributed by atoms with Gasteiger partial charge in [-0.1, -0.05) is 55.1 Å². The van der Waals surface area contributed by atoms with E-state index in [9.17, 15) is 9.18 Å². The number of ether oxygens (including phenoxy) is 1. The Kier molecular flexibility index (Phi) is 6.83. The molecule has 3 heterocycles. The molecular formula is C29H31FN2O2S. The molecule has 3 aliphatic rings. The number of thioether (sulfide) groups is 1. The Morgan fingerprint density at radius 3 is 2.80 bits per heavy atom. The number of allylic oxidation sites excluding steroid dienone is 1. The fourth-order valence-electron chi connectivity index (χ4n) is 5.16. The van der Waals surface area contributed by atoms with Crippen LogP contribution in [-0.2, 0) is 16.0 Å². The highest BCUT2D eigenvalue weighted by atomic mass is 32.2. The zero-order chi connectivity index (χ0) is 24.5. The molecule has 0 aliphatic carbocycles. The topological polar surface area (TPSA) is 41.9 Å².